The topological polar surface area (TPSA) is 83.2 Å². The molecule has 1 heterocycles. The summed E-state index contributed by atoms with van der Waals surface area (Å²) >= 11 is 0. The van der Waals surface area contributed by atoms with E-state index < -0.39 is 17.8 Å². The highest BCUT2D eigenvalue weighted by Gasteiger charge is 2.41. The molecule has 25 heavy (non-hydrogen) atoms. The monoisotopic (exact) mass is 334 g/mol. The summed E-state index contributed by atoms with van der Waals surface area (Å²) < 4.78 is 10.6. The van der Waals surface area contributed by atoms with Crippen molar-refractivity contribution in [3.05, 3.63) is 59.4 Å². The number of rotatable bonds is 3. The third-order valence-electron chi connectivity index (χ3n) is 4.36. The van der Waals surface area contributed by atoms with Gasteiger partial charge in [-0.1, -0.05) is 42.5 Å². The molecule has 1 aliphatic rings. The molecule has 1 aliphatic heterocycles. The van der Waals surface area contributed by atoms with Crippen LogP contribution >= 0.6 is 0 Å². The van der Waals surface area contributed by atoms with Gasteiger partial charge in [0, 0.05) is 5.92 Å². The van der Waals surface area contributed by atoms with Gasteiger partial charge in [-0.3, -0.25) is 5.41 Å². The molecule has 1 N–H and O–H groups in total. The summed E-state index contributed by atoms with van der Waals surface area (Å²) in [6.07, 6.45) is 0. The van der Waals surface area contributed by atoms with Crippen LogP contribution in [0.3, 0.4) is 0 Å². The summed E-state index contributed by atoms with van der Waals surface area (Å²) in [5.74, 6) is -1.82. The number of carbonyl (C=O) groups is 1. The largest absolute Gasteiger partial charge is 0.463 e. The number of carbonyl (C=O) groups excluding carboxylic acids is 1. The van der Waals surface area contributed by atoms with Gasteiger partial charge in [-0.2, -0.15) is 5.26 Å². The smallest absolute Gasteiger partial charge is 0.338 e. The van der Waals surface area contributed by atoms with E-state index in [1.54, 1.807) is 13.8 Å². The maximum atomic E-state index is 12.6. The second-order valence-electron chi connectivity index (χ2n) is 5.81. The molecule has 0 aromatic heterocycles. The number of nitriles is 1. The first kappa shape index (κ1) is 16.7. The molecule has 0 amide bonds. The lowest BCUT2D eigenvalue weighted by atomic mass is 9.77. The molecular formula is C20H18N2O3. The van der Waals surface area contributed by atoms with Gasteiger partial charge in [-0.05, 0) is 30.2 Å². The summed E-state index contributed by atoms with van der Waals surface area (Å²) in [5.41, 5.74) is 1.13. The van der Waals surface area contributed by atoms with Gasteiger partial charge in [-0.25, -0.2) is 4.79 Å². The van der Waals surface area contributed by atoms with Crippen molar-refractivity contribution in [1.82, 2.24) is 0 Å². The Morgan fingerprint density at radius 3 is 2.72 bits per heavy atom. The summed E-state index contributed by atoms with van der Waals surface area (Å²) in [6.45, 7) is 3.59. The van der Waals surface area contributed by atoms with Crippen molar-refractivity contribution in [2.75, 3.05) is 6.61 Å². The normalized spacial score (nSPS) is 20.1. The molecule has 0 saturated carbocycles. The second-order valence-corrected chi connectivity index (χ2v) is 5.81. The maximum Gasteiger partial charge on any atom is 0.338 e. The van der Waals surface area contributed by atoms with E-state index >= 15 is 0 Å². The lowest BCUT2D eigenvalue weighted by Crippen LogP contribution is -2.33. The van der Waals surface area contributed by atoms with E-state index in [1.165, 1.54) is 0 Å². The van der Waals surface area contributed by atoms with Crippen molar-refractivity contribution < 1.29 is 14.3 Å². The number of hydrogen-bond acceptors (Lipinski definition) is 5. The van der Waals surface area contributed by atoms with E-state index in [2.05, 4.69) is 6.07 Å². The Labute approximate surface area is 146 Å². The number of allylic oxidation sites excluding steroid dienone is 1. The zero-order valence-corrected chi connectivity index (χ0v) is 14.1. The average Bonchev–Trinajstić information content (AvgIpc) is 2.60. The van der Waals surface area contributed by atoms with Crippen LogP contribution in [0.15, 0.2) is 53.8 Å². The maximum absolute atomic E-state index is 12.6. The molecule has 0 radical (unpaired) electrons. The highest BCUT2D eigenvalue weighted by Crippen LogP contribution is 2.42. The second kappa shape index (κ2) is 6.78. The molecule has 2 aromatic carbocycles. The molecule has 2 aromatic rings. The van der Waals surface area contributed by atoms with Crippen LogP contribution < -0.4 is 0 Å². The minimum atomic E-state index is -0.881. The van der Waals surface area contributed by atoms with Gasteiger partial charge in [0.15, 0.2) is 0 Å². The standard InChI is InChI=1S/C20H18N2O3/c1-3-24-20(23)17-12(2)25-19(22)16(11-21)18(17)15-10-6-8-13-7-4-5-9-14(13)15/h4-10,16,18,22H,3H2,1-2H3. The fraction of sp³-hybridized carbons (Fsp3) is 0.250. The van der Waals surface area contributed by atoms with E-state index in [0.29, 0.717) is 11.3 Å². The number of fused-ring (bicyclic) bond motifs is 1. The number of esters is 1. The van der Waals surface area contributed by atoms with Gasteiger partial charge in [0.05, 0.1) is 18.2 Å². The predicted octanol–water partition coefficient (Wildman–Crippen LogP) is 3.91. The molecule has 3 rings (SSSR count). The minimum absolute atomic E-state index is 0.147. The number of hydrogen-bond donors (Lipinski definition) is 1. The predicted molar refractivity (Wildman–Crippen MR) is 93.9 cm³/mol. The number of benzene rings is 2. The Bertz CT molecular complexity index is 919. The van der Waals surface area contributed by atoms with Gasteiger partial charge in [0.1, 0.15) is 11.7 Å². The minimum Gasteiger partial charge on any atom is -0.463 e. The lowest BCUT2D eigenvalue weighted by molar-refractivity contribution is -0.139. The van der Waals surface area contributed by atoms with E-state index in [0.717, 1.165) is 16.3 Å². The fourth-order valence-electron chi connectivity index (χ4n) is 3.29. The number of nitrogens with one attached hydrogen (secondary N) is 1. The summed E-state index contributed by atoms with van der Waals surface area (Å²) in [4.78, 5) is 12.6. The Morgan fingerprint density at radius 2 is 2.00 bits per heavy atom. The van der Waals surface area contributed by atoms with Gasteiger partial charge < -0.3 is 9.47 Å². The molecule has 0 aliphatic carbocycles. The third-order valence-corrected chi connectivity index (χ3v) is 4.36. The fourth-order valence-corrected chi connectivity index (χ4v) is 3.29. The average molecular weight is 334 g/mol. The molecule has 0 fully saturated rings. The van der Waals surface area contributed by atoms with Crippen molar-refractivity contribution in [1.29, 1.82) is 10.7 Å². The highest BCUT2D eigenvalue weighted by molar-refractivity contribution is 5.98. The molecular weight excluding hydrogens is 316 g/mol. The van der Waals surface area contributed by atoms with Crippen LogP contribution in [0.25, 0.3) is 10.8 Å². The van der Waals surface area contributed by atoms with E-state index in [1.807, 2.05) is 42.5 Å². The summed E-state index contributed by atoms with van der Waals surface area (Å²) in [5, 5.41) is 19.7. The Balaban J connectivity index is 2.26. The third kappa shape index (κ3) is 2.87. The highest BCUT2D eigenvalue weighted by atomic mass is 16.5. The van der Waals surface area contributed by atoms with Crippen molar-refractivity contribution in [3.8, 4) is 6.07 Å². The van der Waals surface area contributed by atoms with Crippen LogP contribution in [0.5, 0.6) is 0 Å². The first-order valence-electron chi connectivity index (χ1n) is 8.10. The van der Waals surface area contributed by atoms with Gasteiger partial charge >= 0.3 is 5.97 Å². The number of ether oxygens (including phenoxy) is 2. The van der Waals surface area contributed by atoms with Crippen LogP contribution in [0.1, 0.15) is 25.3 Å². The lowest BCUT2D eigenvalue weighted by Gasteiger charge is -2.31. The van der Waals surface area contributed by atoms with E-state index in [9.17, 15) is 10.1 Å². The summed E-state index contributed by atoms with van der Waals surface area (Å²) in [7, 11) is 0. The van der Waals surface area contributed by atoms with Gasteiger partial charge in [0.2, 0.25) is 5.90 Å². The van der Waals surface area contributed by atoms with Crippen LogP contribution in [0.4, 0.5) is 0 Å². The van der Waals surface area contributed by atoms with Crippen LogP contribution in [-0.4, -0.2) is 18.5 Å². The van der Waals surface area contributed by atoms with Crippen molar-refractivity contribution in [3.63, 3.8) is 0 Å². The number of nitrogens with zero attached hydrogens (tertiary/aromatic N) is 1. The zero-order chi connectivity index (χ0) is 18.0. The molecule has 5 heteroatoms. The molecule has 5 nitrogen and oxygen atoms in total. The molecule has 0 saturated heterocycles. The Hall–Kier alpha value is -3.13. The van der Waals surface area contributed by atoms with Crippen LogP contribution in [-0.2, 0) is 14.3 Å². The van der Waals surface area contributed by atoms with Crippen molar-refractivity contribution in [2.45, 2.75) is 19.8 Å². The first-order chi connectivity index (χ1) is 12.1. The Morgan fingerprint density at radius 1 is 1.28 bits per heavy atom. The van der Waals surface area contributed by atoms with Crippen molar-refractivity contribution >= 4 is 22.6 Å². The summed E-state index contributed by atoms with van der Waals surface area (Å²) in [6, 6.07) is 15.7. The van der Waals surface area contributed by atoms with Crippen LogP contribution in [0.2, 0.25) is 0 Å². The Kier molecular flexibility index (Phi) is 4.53. The quantitative estimate of drug-likeness (QED) is 0.863. The molecule has 126 valence electrons. The molecule has 0 spiro atoms. The van der Waals surface area contributed by atoms with Crippen molar-refractivity contribution in [2.24, 2.45) is 5.92 Å². The molecule has 2 atom stereocenters. The molecule has 0 bridgehead atoms. The van der Waals surface area contributed by atoms with Gasteiger partial charge in [0.25, 0.3) is 0 Å². The van der Waals surface area contributed by atoms with E-state index in [-0.39, 0.29) is 12.5 Å². The first-order valence-corrected chi connectivity index (χ1v) is 8.10. The SMILES string of the molecule is CCOC(=O)C1=C(C)OC(=N)C(C#N)C1c1cccc2ccccc12. The van der Waals surface area contributed by atoms with Crippen LogP contribution in [0, 0.1) is 22.7 Å². The van der Waals surface area contributed by atoms with E-state index in [4.69, 9.17) is 14.9 Å². The molecule has 2 unspecified atom stereocenters. The van der Waals surface area contributed by atoms with Gasteiger partial charge in [-0.15, -0.1) is 0 Å². The zero-order valence-electron chi connectivity index (χ0n) is 14.1.